The second-order valence-corrected chi connectivity index (χ2v) is 5.87. The monoisotopic (exact) mass is 275 g/mol. The van der Waals surface area contributed by atoms with Crippen molar-refractivity contribution in [3.05, 3.63) is 28.8 Å². The summed E-state index contributed by atoms with van der Waals surface area (Å²) in [6.07, 6.45) is 1.67. The first-order valence-electron chi connectivity index (χ1n) is 5.37. The van der Waals surface area contributed by atoms with Crippen LogP contribution in [0, 0.1) is 0 Å². The number of hydrogen-bond acceptors (Lipinski definition) is 3. The molecule has 0 heterocycles. The van der Waals surface area contributed by atoms with E-state index >= 15 is 0 Å². The van der Waals surface area contributed by atoms with E-state index in [0.717, 1.165) is 11.3 Å². The molecule has 1 aromatic carbocycles. The van der Waals surface area contributed by atoms with Gasteiger partial charge < -0.3 is 10.1 Å². The third kappa shape index (κ3) is 5.06. The minimum absolute atomic E-state index is 0.223. The van der Waals surface area contributed by atoms with Gasteiger partial charge in [-0.15, -0.1) is 0 Å². The van der Waals surface area contributed by atoms with Crippen LogP contribution >= 0.6 is 11.6 Å². The molecule has 96 valence electrons. The third-order valence-electron chi connectivity index (χ3n) is 2.23. The summed E-state index contributed by atoms with van der Waals surface area (Å²) in [6.45, 7) is 2.67. The molecule has 0 radical (unpaired) electrons. The summed E-state index contributed by atoms with van der Waals surface area (Å²) >= 11 is 6.05. The lowest BCUT2D eigenvalue weighted by Crippen LogP contribution is -2.20. The quantitative estimate of drug-likeness (QED) is 0.867. The lowest BCUT2D eigenvalue weighted by Gasteiger charge is -2.15. The van der Waals surface area contributed by atoms with Crippen molar-refractivity contribution in [3.8, 4) is 0 Å². The lowest BCUT2D eigenvalue weighted by molar-refractivity contribution is 0.190. The molecule has 1 rings (SSSR count). The fourth-order valence-corrected chi connectivity index (χ4v) is 2.51. The first-order valence-corrected chi connectivity index (χ1v) is 7.47. The molecule has 1 N–H and O–H groups in total. The predicted molar refractivity (Wildman–Crippen MR) is 74.2 cm³/mol. The minimum Gasteiger partial charge on any atom is -0.383 e. The zero-order valence-electron chi connectivity index (χ0n) is 10.3. The predicted octanol–water partition coefficient (Wildman–Crippen LogP) is 2.67. The fraction of sp³-hybridized carbons (Fsp3) is 0.500. The van der Waals surface area contributed by atoms with Crippen molar-refractivity contribution in [2.75, 3.05) is 25.3 Å². The van der Waals surface area contributed by atoms with Crippen LogP contribution in [0.5, 0.6) is 0 Å². The number of anilines is 1. The van der Waals surface area contributed by atoms with Crippen LogP contribution < -0.4 is 5.32 Å². The lowest BCUT2D eigenvalue weighted by atomic mass is 10.2. The molecule has 5 heteroatoms. The molecule has 0 aliphatic rings. The van der Waals surface area contributed by atoms with Gasteiger partial charge in [0.15, 0.2) is 0 Å². The number of ether oxygens (including phenoxy) is 1. The molecule has 1 aromatic rings. The Morgan fingerprint density at radius 2 is 2.24 bits per heavy atom. The van der Waals surface area contributed by atoms with Crippen LogP contribution in [0.1, 0.15) is 12.5 Å². The van der Waals surface area contributed by atoms with E-state index in [1.165, 1.54) is 0 Å². The van der Waals surface area contributed by atoms with Gasteiger partial charge in [-0.3, -0.25) is 4.21 Å². The summed E-state index contributed by atoms with van der Waals surface area (Å²) in [6, 6.07) is 5.90. The van der Waals surface area contributed by atoms with Crippen molar-refractivity contribution in [1.29, 1.82) is 0 Å². The first kappa shape index (κ1) is 14.5. The summed E-state index contributed by atoms with van der Waals surface area (Å²) in [7, 11) is 0.784. The molecule has 17 heavy (non-hydrogen) atoms. The zero-order chi connectivity index (χ0) is 12.8. The van der Waals surface area contributed by atoms with Crippen LogP contribution in [-0.4, -0.2) is 30.2 Å². The van der Waals surface area contributed by atoms with Gasteiger partial charge in [-0.2, -0.15) is 0 Å². The van der Waals surface area contributed by atoms with Crippen LogP contribution in [0.3, 0.4) is 0 Å². The van der Waals surface area contributed by atoms with Gasteiger partial charge in [-0.05, 0) is 30.7 Å². The SMILES string of the molecule is COC[C@@H](C)Nc1ccc(Cl)c(C[S@](C)=O)c1. The fourth-order valence-electron chi connectivity index (χ4n) is 1.57. The zero-order valence-corrected chi connectivity index (χ0v) is 11.9. The van der Waals surface area contributed by atoms with Gasteiger partial charge in [0.05, 0.1) is 6.61 Å². The highest BCUT2D eigenvalue weighted by Crippen LogP contribution is 2.22. The Bertz CT molecular complexity index is 398. The van der Waals surface area contributed by atoms with Gasteiger partial charge in [-0.1, -0.05) is 11.6 Å². The van der Waals surface area contributed by atoms with E-state index in [1.54, 1.807) is 13.4 Å². The maximum absolute atomic E-state index is 11.2. The number of rotatable bonds is 6. The largest absolute Gasteiger partial charge is 0.383 e. The highest BCUT2D eigenvalue weighted by atomic mass is 35.5. The summed E-state index contributed by atoms with van der Waals surface area (Å²) in [5.74, 6) is 0.479. The second-order valence-electron chi connectivity index (χ2n) is 4.02. The van der Waals surface area contributed by atoms with Crippen LogP contribution in [0.15, 0.2) is 18.2 Å². The third-order valence-corrected chi connectivity index (χ3v) is 3.32. The van der Waals surface area contributed by atoms with Crippen LogP contribution in [0.2, 0.25) is 5.02 Å². The van der Waals surface area contributed by atoms with Crippen LogP contribution in [-0.2, 0) is 21.3 Å². The van der Waals surface area contributed by atoms with Crippen molar-refractivity contribution in [2.24, 2.45) is 0 Å². The van der Waals surface area contributed by atoms with E-state index in [9.17, 15) is 4.21 Å². The topological polar surface area (TPSA) is 38.3 Å². The molecule has 0 fully saturated rings. The number of hydrogen-bond donors (Lipinski definition) is 1. The Kier molecular flexibility index (Phi) is 5.95. The molecule has 0 aliphatic carbocycles. The van der Waals surface area contributed by atoms with Gasteiger partial charge in [0.1, 0.15) is 0 Å². The number of nitrogens with one attached hydrogen (secondary N) is 1. The average Bonchev–Trinajstić information content (AvgIpc) is 2.22. The first-order chi connectivity index (χ1) is 8.02. The van der Waals surface area contributed by atoms with Crippen LogP contribution in [0.25, 0.3) is 0 Å². The highest BCUT2D eigenvalue weighted by molar-refractivity contribution is 7.83. The molecule has 0 aromatic heterocycles. The standard InChI is InChI=1S/C12H18ClNO2S/c1-9(7-16-2)14-11-4-5-12(13)10(6-11)8-17(3)15/h4-6,9,14H,7-8H2,1-3H3/t9-,17+/m1/s1. The summed E-state index contributed by atoms with van der Waals surface area (Å²) in [5.41, 5.74) is 1.88. The molecule has 0 bridgehead atoms. The number of methoxy groups -OCH3 is 1. The normalized spacial score (nSPS) is 14.4. The maximum atomic E-state index is 11.2. The molecule has 0 saturated heterocycles. The van der Waals surface area contributed by atoms with E-state index in [4.69, 9.17) is 16.3 Å². The van der Waals surface area contributed by atoms with Crippen molar-refractivity contribution in [3.63, 3.8) is 0 Å². The Labute approximate surface area is 110 Å². The van der Waals surface area contributed by atoms with Gasteiger partial charge >= 0.3 is 0 Å². The molecule has 3 nitrogen and oxygen atoms in total. The molecule has 0 aliphatic heterocycles. The van der Waals surface area contributed by atoms with E-state index < -0.39 is 10.8 Å². The van der Waals surface area contributed by atoms with E-state index in [-0.39, 0.29) is 6.04 Å². The van der Waals surface area contributed by atoms with Crippen molar-refractivity contribution >= 4 is 28.1 Å². The smallest absolute Gasteiger partial charge is 0.0661 e. The molecular formula is C12H18ClNO2S. The van der Waals surface area contributed by atoms with Crippen molar-refractivity contribution in [2.45, 2.75) is 18.7 Å². The Morgan fingerprint density at radius 3 is 2.82 bits per heavy atom. The summed E-state index contributed by atoms with van der Waals surface area (Å²) < 4.78 is 16.3. The summed E-state index contributed by atoms with van der Waals surface area (Å²) in [4.78, 5) is 0. The van der Waals surface area contributed by atoms with E-state index in [1.807, 2.05) is 25.1 Å². The second kappa shape index (κ2) is 6.99. The Balaban J connectivity index is 2.77. The maximum Gasteiger partial charge on any atom is 0.0661 e. The molecular weight excluding hydrogens is 258 g/mol. The number of benzene rings is 1. The number of halogens is 1. The Hall–Kier alpha value is -0.580. The Morgan fingerprint density at radius 1 is 1.53 bits per heavy atom. The van der Waals surface area contributed by atoms with Crippen molar-refractivity contribution < 1.29 is 8.95 Å². The van der Waals surface area contributed by atoms with Crippen LogP contribution in [0.4, 0.5) is 5.69 Å². The van der Waals surface area contributed by atoms with Gasteiger partial charge in [0.2, 0.25) is 0 Å². The molecule has 0 unspecified atom stereocenters. The molecule has 0 saturated carbocycles. The van der Waals surface area contributed by atoms with E-state index in [2.05, 4.69) is 5.32 Å². The average molecular weight is 276 g/mol. The minimum atomic E-state index is -0.888. The highest BCUT2D eigenvalue weighted by Gasteiger charge is 2.06. The van der Waals surface area contributed by atoms with Gasteiger partial charge in [0, 0.05) is 46.7 Å². The van der Waals surface area contributed by atoms with E-state index in [0.29, 0.717) is 17.4 Å². The van der Waals surface area contributed by atoms with Gasteiger partial charge in [0.25, 0.3) is 0 Å². The summed E-state index contributed by atoms with van der Waals surface area (Å²) in [5, 5.41) is 3.96. The van der Waals surface area contributed by atoms with Crippen molar-refractivity contribution in [1.82, 2.24) is 0 Å². The molecule has 2 atom stereocenters. The van der Waals surface area contributed by atoms with Gasteiger partial charge in [-0.25, -0.2) is 0 Å². The molecule has 0 spiro atoms. The molecule has 0 amide bonds.